The van der Waals surface area contributed by atoms with E-state index in [1.807, 2.05) is 55.5 Å². The zero-order valence-electron chi connectivity index (χ0n) is 16.3. The lowest BCUT2D eigenvalue weighted by Gasteiger charge is -2.13. The number of nitrogens with zero attached hydrogens (tertiary/aromatic N) is 3. The van der Waals surface area contributed by atoms with Crippen LogP contribution >= 0.6 is 0 Å². The third-order valence-electron chi connectivity index (χ3n) is 4.83. The van der Waals surface area contributed by atoms with Gasteiger partial charge in [0.2, 0.25) is 11.7 Å². The van der Waals surface area contributed by atoms with E-state index in [0.29, 0.717) is 28.2 Å². The molecule has 7 heteroatoms. The van der Waals surface area contributed by atoms with Crippen molar-refractivity contribution in [1.29, 1.82) is 0 Å². The van der Waals surface area contributed by atoms with Gasteiger partial charge in [0.1, 0.15) is 6.04 Å². The summed E-state index contributed by atoms with van der Waals surface area (Å²) in [5.74, 6) is 0.383. The molecule has 146 valence electrons. The number of carbonyl (C=O) groups excluding carboxylic acids is 1. The second-order valence-corrected chi connectivity index (χ2v) is 6.99. The molecule has 4 rings (SSSR count). The van der Waals surface area contributed by atoms with Gasteiger partial charge in [-0.15, -0.1) is 0 Å². The van der Waals surface area contributed by atoms with Gasteiger partial charge in [-0.25, -0.2) is 0 Å². The topological polar surface area (TPSA) is 90.0 Å². The van der Waals surface area contributed by atoms with Gasteiger partial charge < -0.3 is 14.4 Å². The molecule has 1 atom stereocenters. The van der Waals surface area contributed by atoms with E-state index < -0.39 is 6.04 Å². The van der Waals surface area contributed by atoms with Crippen LogP contribution in [0.3, 0.4) is 0 Å². The Morgan fingerprint density at radius 1 is 1.14 bits per heavy atom. The van der Waals surface area contributed by atoms with Crippen molar-refractivity contribution in [2.24, 2.45) is 7.05 Å². The number of nitrogens with one attached hydrogen (secondary N) is 1. The van der Waals surface area contributed by atoms with Crippen molar-refractivity contribution in [3.05, 3.63) is 82.0 Å². The Morgan fingerprint density at radius 2 is 1.93 bits per heavy atom. The first-order chi connectivity index (χ1) is 13.9. The fraction of sp³-hybridized carbons (Fsp3) is 0.182. The van der Waals surface area contributed by atoms with E-state index in [4.69, 9.17) is 4.52 Å². The predicted molar refractivity (Wildman–Crippen MR) is 110 cm³/mol. The second kappa shape index (κ2) is 7.35. The highest BCUT2D eigenvalue weighted by atomic mass is 16.5. The summed E-state index contributed by atoms with van der Waals surface area (Å²) in [6.07, 6.45) is 0. The van der Waals surface area contributed by atoms with Gasteiger partial charge in [-0.05, 0) is 26.0 Å². The Bertz CT molecular complexity index is 1270. The standard InChI is InChI=1S/C22H20N4O3/c1-13-7-6-8-15(11-13)20-24-22(29-25-20)14(2)23-21(28)17-12-19(27)26(3)18-10-5-4-9-16(17)18/h4-12,14H,1-3H3,(H,23,28)/t14-/m1/s1. The largest absolute Gasteiger partial charge is 0.340 e. The van der Waals surface area contributed by atoms with Crippen LogP contribution in [0.1, 0.15) is 34.8 Å². The summed E-state index contributed by atoms with van der Waals surface area (Å²) >= 11 is 0. The quantitative estimate of drug-likeness (QED) is 0.579. The zero-order chi connectivity index (χ0) is 20.5. The van der Waals surface area contributed by atoms with Gasteiger partial charge >= 0.3 is 0 Å². The number of aromatic nitrogens is 3. The van der Waals surface area contributed by atoms with Gasteiger partial charge in [-0.2, -0.15) is 4.98 Å². The van der Waals surface area contributed by atoms with E-state index in [-0.39, 0.29) is 11.5 Å². The number of carbonyl (C=O) groups is 1. The minimum atomic E-state index is -0.517. The van der Waals surface area contributed by atoms with Gasteiger partial charge in [0, 0.05) is 24.1 Å². The first kappa shape index (κ1) is 18.6. The highest BCUT2D eigenvalue weighted by Gasteiger charge is 2.20. The van der Waals surface area contributed by atoms with E-state index in [9.17, 15) is 9.59 Å². The normalized spacial score (nSPS) is 12.1. The molecule has 1 amide bonds. The molecule has 0 saturated carbocycles. The molecule has 0 aliphatic heterocycles. The number of hydrogen-bond donors (Lipinski definition) is 1. The highest BCUT2D eigenvalue weighted by Crippen LogP contribution is 2.21. The molecule has 0 unspecified atom stereocenters. The van der Waals surface area contributed by atoms with E-state index in [0.717, 1.165) is 11.1 Å². The summed E-state index contributed by atoms with van der Waals surface area (Å²) in [5, 5.41) is 7.56. The average molecular weight is 388 g/mol. The molecule has 0 spiro atoms. The van der Waals surface area contributed by atoms with Crippen LogP contribution in [0.25, 0.3) is 22.3 Å². The molecule has 0 bridgehead atoms. The van der Waals surface area contributed by atoms with Crippen LogP contribution in [0, 0.1) is 6.92 Å². The lowest BCUT2D eigenvalue weighted by Crippen LogP contribution is -2.29. The third-order valence-corrected chi connectivity index (χ3v) is 4.83. The van der Waals surface area contributed by atoms with Gasteiger partial charge in [0.05, 0.1) is 11.1 Å². The summed E-state index contributed by atoms with van der Waals surface area (Å²) in [6.45, 7) is 3.75. The maximum atomic E-state index is 12.9. The van der Waals surface area contributed by atoms with Crippen LogP contribution < -0.4 is 10.9 Å². The maximum absolute atomic E-state index is 12.9. The molecule has 7 nitrogen and oxygen atoms in total. The van der Waals surface area contributed by atoms with Crippen molar-refractivity contribution in [2.45, 2.75) is 19.9 Å². The second-order valence-electron chi connectivity index (χ2n) is 6.99. The lowest BCUT2D eigenvalue weighted by atomic mass is 10.1. The molecule has 0 aliphatic carbocycles. The monoisotopic (exact) mass is 388 g/mol. The highest BCUT2D eigenvalue weighted by molar-refractivity contribution is 6.06. The summed E-state index contributed by atoms with van der Waals surface area (Å²) in [7, 11) is 1.68. The van der Waals surface area contributed by atoms with Crippen LogP contribution in [-0.4, -0.2) is 20.6 Å². The van der Waals surface area contributed by atoms with Crippen LogP contribution in [0.2, 0.25) is 0 Å². The van der Waals surface area contributed by atoms with Gasteiger partial charge in [0.15, 0.2) is 0 Å². The van der Waals surface area contributed by atoms with Crippen molar-refractivity contribution in [3.8, 4) is 11.4 Å². The molecule has 2 heterocycles. The van der Waals surface area contributed by atoms with Crippen molar-refractivity contribution < 1.29 is 9.32 Å². The van der Waals surface area contributed by atoms with Crippen LogP contribution in [0.15, 0.2) is 63.9 Å². The first-order valence-electron chi connectivity index (χ1n) is 9.24. The number of hydrogen-bond acceptors (Lipinski definition) is 5. The molecule has 29 heavy (non-hydrogen) atoms. The fourth-order valence-electron chi connectivity index (χ4n) is 3.25. The van der Waals surface area contributed by atoms with Gasteiger partial charge in [-0.1, -0.05) is 47.1 Å². The summed E-state index contributed by atoms with van der Waals surface area (Å²) in [6, 6.07) is 15.9. The minimum absolute atomic E-state index is 0.249. The maximum Gasteiger partial charge on any atom is 0.252 e. The molecule has 1 N–H and O–H groups in total. The molecule has 0 fully saturated rings. The van der Waals surface area contributed by atoms with Gasteiger partial charge in [0.25, 0.3) is 11.5 Å². The molecule has 4 aromatic rings. The van der Waals surface area contributed by atoms with Crippen molar-refractivity contribution in [3.63, 3.8) is 0 Å². The fourth-order valence-corrected chi connectivity index (χ4v) is 3.25. The van der Waals surface area contributed by atoms with E-state index >= 15 is 0 Å². The van der Waals surface area contributed by atoms with Crippen molar-refractivity contribution in [2.75, 3.05) is 0 Å². The predicted octanol–water partition coefficient (Wildman–Crippen LogP) is 3.39. The SMILES string of the molecule is Cc1cccc(-c2noc([C@@H](C)NC(=O)c3cc(=O)n(C)c4ccccc34)n2)c1. The number of pyridine rings is 1. The van der Waals surface area contributed by atoms with Gasteiger partial charge in [-0.3, -0.25) is 9.59 Å². The molecule has 0 saturated heterocycles. The van der Waals surface area contributed by atoms with Crippen LogP contribution in [-0.2, 0) is 7.05 Å². The Labute approximate surface area is 167 Å². The van der Waals surface area contributed by atoms with Crippen LogP contribution in [0.4, 0.5) is 0 Å². The molecule has 0 aliphatic rings. The first-order valence-corrected chi connectivity index (χ1v) is 9.24. The van der Waals surface area contributed by atoms with Crippen LogP contribution in [0.5, 0.6) is 0 Å². The zero-order valence-corrected chi connectivity index (χ0v) is 16.3. The number of aryl methyl sites for hydroxylation is 2. The minimum Gasteiger partial charge on any atom is -0.340 e. The van der Waals surface area contributed by atoms with Crippen molar-refractivity contribution in [1.82, 2.24) is 20.0 Å². The number of para-hydroxylation sites is 1. The third kappa shape index (κ3) is 3.54. The van der Waals surface area contributed by atoms with Crippen molar-refractivity contribution >= 4 is 16.8 Å². The van der Waals surface area contributed by atoms with E-state index in [1.54, 1.807) is 14.0 Å². The Balaban J connectivity index is 1.61. The lowest BCUT2D eigenvalue weighted by molar-refractivity contribution is 0.0934. The Hall–Kier alpha value is -3.74. The summed E-state index contributed by atoms with van der Waals surface area (Å²) in [5.41, 5.74) is 2.69. The molecular formula is C22H20N4O3. The molecule has 2 aromatic heterocycles. The Morgan fingerprint density at radius 3 is 2.72 bits per heavy atom. The number of amides is 1. The number of rotatable bonds is 4. The summed E-state index contributed by atoms with van der Waals surface area (Å²) in [4.78, 5) is 29.5. The van der Waals surface area contributed by atoms with E-state index in [2.05, 4.69) is 15.5 Å². The smallest absolute Gasteiger partial charge is 0.252 e. The molecule has 2 aromatic carbocycles. The number of fused-ring (bicyclic) bond motifs is 1. The average Bonchev–Trinajstić information content (AvgIpc) is 3.21. The number of benzene rings is 2. The van der Waals surface area contributed by atoms with E-state index in [1.165, 1.54) is 10.6 Å². The molecule has 0 radical (unpaired) electrons. The summed E-state index contributed by atoms with van der Waals surface area (Å²) < 4.78 is 6.86. The Kier molecular flexibility index (Phi) is 4.72. The molecular weight excluding hydrogens is 368 g/mol.